The minimum atomic E-state index is -4.78. The van der Waals surface area contributed by atoms with Gasteiger partial charge in [-0.3, -0.25) is 0 Å². The third-order valence-electron chi connectivity index (χ3n) is 3.37. The molecular weight excluding hydrogens is 357 g/mol. The monoisotopic (exact) mass is 367 g/mol. The van der Waals surface area contributed by atoms with Gasteiger partial charge in [-0.1, -0.05) is 35.5 Å². The SMILES string of the molecule is Cc1ccccc1S(=O)(=O)c1[c]ccc(-c2noc(C(F)(F)F)n2)c1. The molecule has 0 atom stereocenters. The van der Waals surface area contributed by atoms with E-state index in [0.29, 0.717) is 5.56 Å². The lowest BCUT2D eigenvalue weighted by Crippen LogP contribution is -2.05. The molecule has 0 spiro atoms. The summed E-state index contributed by atoms with van der Waals surface area (Å²) in [5.41, 5.74) is 0.616. The first-order valence-electron chi connectivity index (χ1n) is 6.93. The number of alkyl halides is 3. The van der Waals surface area contributed by atoms with E-state index in [1.54, 1.807) is 25.1 Å². The summed E-state index contributed by atoms with van der Waals surface area (Å²) in [6.07, 6.45) is -4.78. The van der Waals surface area contributed by atoms with Crippen LogP contribution >= 0.6 is 0 Å². The van der Waals surface area contributed by atoms with E-state index in [0.717, 1.165) is 6.07 Å². The van der Waals surface area contributed by atoms with E-state index in [1.165, 1.54) is 18.2 Å². The Hall–Kier alpha value is -2.68. The van der Waals surface area contributed by atoms with E-state index in [1.807, 2.05) is 0 Å². The first-order valence-corrected chi connectivity index (χ1v) is 8.41. The fourth-order valence-electron chi connectivity index (χ4n) is 2.17. The maximum absolute atomic E-state index is 12.7. The molecule has 25 heavy (non-hydrogen) atoms. The van der Waals surface area contributed by atoms with Crippen LogP contribution < -0.4 is 0 Å². The number of nitrogens with zero attached hydrogens (tertiary/aromatic N) is 2. The minimum Gasteiger partial charge on any atom is -0.329 e. The van der Waals surface area contributed by atoms with Gasteiger partial charge >= 0.3 is 12.1 Å². The fraction of sp³-hybridized carbons (Fsp3) is 0.125. The molecule has 0 saturated heterocycles. The van der Waals surface area contributed by atoms with Gasteiger partial charge in [0.2, 0.25) is 15.7 Å². The van der Waals surface area contributed by atoms with Crippen molar-refractivity contribution in [3.8, 4) is 11.4 Å². The molecule has 0 aliphatic carbocycles. The number of aryl methyl sites for hydroxylation is 1. The summed E-state index contributed by atoms with van der Waals surface area (Å²) in [5, 5.41) is 3.25. The Morgan fingerprint density at radius 2 is 1.88 bits per heavy atom. The molecule has 0 aliphatic rings. The predicted octanol–water partition coefficient (Wildman–Crippen LogP) is 3.70. The van der Waals surface area contributed by atoms with Gasteiger partial charge in [0.25, 0.3) is 0 Å². The van der Waals surface area contributed by atoms with Gasteiger partial charge in [-0.2, -0.15) is 18.2 Å². The third kappa shape index (κ3) is 3.27. The van der Waals surface area contributed by atoms with Crippen molar-refractivity contribution >= 4 is 9.84 Å². The third-order valence-corrected chi connectivity index (χ3v) is 5.23. The van der Waals surface area contributed by atoms with Crippen molar-refractivity contribution in [3.63, 3.8) is 0 Å². The molecule has 0 aliphatic heterocycles. The van der Waals surface area contributed by atoms with Crippen molar-refractivity contribution < 1.29 is 26.1 Å². The number of aromatic nitrogens is 2. The van der Waals surface area contributed by atoms with Crippen LogP contribution in [0.2, 0.25) is 0 Å². The molecule has 1 aromatic heterocycles. The molecular formula is C16H10F3N2O3S. The first kappa shape index (κ1) is 17.2. The molecule has 0 saturated carbocycles. The second-order valence-electron chi connectivity index (χ2n) is 5.13. The van der Waals surface area contributed by atoms with Crippen LogP contribution in [0, 0.1) is 13.0 Å². The molecule has 2 aromatic carbocycles. The van der Waals surface area contributed by atoms with Crippen LogP contribution in [0.3, 0.4) is 0 Å². The molecule has 0 unspecified atom stereocenters. The molecule has 129 valence electrons. The number of rotatable bonds is 3. The summed E-state index contributed by atoms with van der Waals surface area (Å²) >= 11 is 0. The summed E-state index contributed by atoms with van der Waals surface area (Å²) in [6, 6.07) is 12.7. The van der Waals surface area contributed by atoms with E-state index in [9.17, 15) is 21.6 Å². The summed E-state index contributed by atoms with van der Waals surface area (Å²) in [4.78, 5) is 3.15. The average molecular weight is 367 g/mol. The zero-order valence-corrected chi connectivity index (χ0v) is 13.5. The zero-order valence-electron chi connectivity index (χ0n) is 12.7. The van der Waals surface area contributed by atoms with Gasteiger partial charge in [-0.25, -0.2) is 8.42 Å². The van der Waals surface area contributed by atoms with Gasteiger partial charge in [0, 0.05) is 11.6 Å². The first-order chi connectivity index (χ1) is 11.7. The zero-order chi connectivity index (χ0) is 18.2. The Balaban J connectivity index is 2.06. The van der Waals surface area contributed by atoms with Gasteiger partial charge in [-0.05, 0) is 24.6 Å². The Labute approximate surface area is 141 Å². The van der Waals surface area contributed by atoms with Crippen LogP contribution in [-0.4, -0.2) is 18.6 Å². The molecule has 9 heteroatoms. The van der Waals surface area contributed by atoms with Gasteiger partial charge < -0.3 is 4.52 Å². The predicted molar refractivity (Wildman–Crippen MR) is 80.2 cm³/mol. The number of sulfone groups is 1. The van der Waals surface area contributed by atoms with Crippen LogP contribution in [0.15, 0.2) is 56.8 Å². The van der Waals surface area contributed by atoms with Crippen molar-refractivity contribution in [2.75, 3.05) is 0 Å². The lowest BCUT2D eigenvalue weighted by Gasteiger charge is -2.08. The Morgan fingerprint density at radius 1 is 1.16 bits per heavy atom. The van der Waals surface area contributed by atoms with Crippen molar-refractivity contribution in [1.29, 1.82) is 0 Å². The topological polar surface area (TPSA) is 73.1 Å². The van der Waals surface area contributed by atoms with Gasteiger partial charge in [-0.15, -0.1) is 0 Å². The lowest BCUT2D eigenvalue weighted by molar-refractivity contribution is -0.159. The largest absolute Gasteiger partial charge is 0.471 e. The highest BCUT2D eigenvalue weighted by atomic mass is 32.2. The number of hydrogen-bond acceptors (Lipinski definition) is 5. The Kier molecular flexibility index (Phi) is 4.11. The highest BCUT2D eigenvalue weighted by molar-refractivity contribution is 7.91. The molecule has 3 rings (SSSR count). The maximum atomic E-state index is 12.7. The normalized spacial score (nSPS) is 12.3. The van der Waals surface area contributed by atoms with Gasteiger partial charge in [0.05, 0.1) is 9.79 Å². The molecule has 0 N–H and O–H groups in total. The molecule has 3 aromatic rings. The lowest BCUT2D eigenvalue weighted by atomic mass is 10.2. The standard InChI is InChI=1S/C16H10F3N2O3S/c1-10-5-2-3-8-13(10)25(22,23)12-7-4-6-11(9-12)14-20-15(24-21-14)16(17,18)19/h2-6,8-9H,1H3. The fourth-order valence-corrected chi connectivity index (χ4v) is 3.66. The van der Waals surface area contributed by atoms with E-state index in [2.05, 4.69) is 20.7 Å². The number of benzene rings is 2. The smallest absolute Gasteiger partial charge is 0.329 e. The van der Waals surface area contributed by atoms with E-state index < -0.39 is 21.9 Å². The van der Waals surface area contributed by atoms with E-state index in [4.69, 9.17) is 0 Å². The van der Waals surface area contributed by atoms with E-state index in [-0.39, 0.29) is 21.2 Å². The number of halogens is 3. The Morgan fingerprint density at radius 3 is 2.52 bits per heavy atom. The van der Waals surface area contributed by atoms with Crippen molar-refractivity contribution in [3.05, 3.63) is 60.0 Å². The highest BCUT2D eigenvalue weighted by Gasteiger charge is 2.38. The van der Waals surface area contributed by atoms with Crippen LogP contribution in [0.1, 0.15) is 11.5 Å². The second-order valence-corrected chi connectivity index (χ2v) is 7.02. The molecule has 0 fully saturated rings. The van der Waals surface area contributed by atoms with Crippen LogP contribution in [0.4, 0.5) is 13.2 Å². The minimum absolute atomic E-state index is 0.0742. The van der Waals surface area contributed by atoms with Crippen molar-refractivity contribution in [1.82, 2.24) is 10.1 Å². The summed E-state index contributed by atoms with van der Waals surface area (Å²) in [5.74, 6) is -1.86. The highest BCUT2D eigenvalue weighted by Crippen LogP contribution is 2.30. The Bertz CT molecular complexity index is 1030. The molecule has 5 nitrogen and oxygen atoms in total. The van der Waals surface area contributed by atoms with Crippen LogP contribution in [0.25, 0.3) is 11.4 Å². The van der Waals surface area contributed by atoms with Crippen LogP contribution in [0.5, 0.6) is 0 Å². The van der Waals surface area contributed by atoms with Crippen molar-refractivity contribution in [2.45, 2.75) is 22.9 Å². The van der Waals surface area contributed by atoms with Gasteiger partial charge in [0.15, 0.2) is 0 Å². The maximum Gasteiger partial charge on any atom is 0.471 e. The number of hydrogen-bond donors (Lipinski definition) is 0. The quantitative estimate of drug-likeness (QED) is 0.706. The molecule has 0 bridgehead atoms. The van der Waals surface area contributed by atoms with Gasteiger partial charge in [0.1, 0.15) is 0 Å². The van der Waals surface area contributed by atoms with E-state index >= 15 is 0 Å². The summed E-state index contributed by atoms with van der Waals surface area (Å²) in [7, 11) is -3.89. The molecule has 1 heterocycles. The summed E-state index contributed by atoms with van der Waals surface area (Å²) in [6.45, 7) is 1.64. The average Bonchev–Trinajstić information content (AvgIpc) is 3.05. The van der Waals surface area contributed by atoms with Crippen molar-refractivity contribution in [2.24, 2.45) is 0 Å². The summed E-state index contributed by atoms with van der Waals surface area (Å²) < 4.78 is 67.3. The molecule has 1 radical (unpaired) electrons. The second kappa shape index (κ2) is 5.99. The van der Waals surface area contributed by atoms with Crippen LogP contribution in [-0.2, 0) is 16.0 Å². The molecule has 0 amide bonds.